The molecule has 3 N–H and O–H groups in total. The van der Waals surface area contributed by atoms with Crippen LogP contribution in [0.4, 0.5) is 30.5 Å². The summed E-state index contributed by atoms with van der Waals surface area (Å²) in [5.41, 5.74) is 0.691. The number of halogens is 3. The SMILES string of the molecule is CCNc1cc(Nc2ccc(P3(=O)CCN(Cc4ccc(OC)cc4OC)CC3)cn2)nc2[nH]cc(C(F)(F)F)c12. The van der Waals surface area contributed by atoms with Crippen LogP contribution in [0.3, 0.4) is 0 Å². The fraction of sp³-hybridized carbons (Fsp3) is 0.357. The van der Waals surface area contributed by atoms with Gasteiger partial charge in [-0.15, -0.1) is 0 Å². The summed E-state index contributed by atoms with van der Waals surface area (Å²) in [6.07, 6.45) is -0.888. The molecule has 1 aliphatic rings. The lowest BCUT2D eigenvalue weighted by Gasteiger charge is -2.32. The van der Waals surface area contributed by atoms with E-state index >= 15 is 0 Å². The van der Waals surface area contributed by atoms with Crippen molar-refractivity contribution in [3.63, 3.8) is 0 Å². The second-order valence-corrected chi connectivity index (χ2v) is 13.0. The molecule has 5 rings (SSSR count). The maximum Gasteiger partial charge on any atom is 0.418 e. The maximum absolute atomic E-state index is 13.8. The fourth-order valence-electron chi connectivity index (χ4n) is 5.05. The Morgan fingerprint density at radius 2 is 1.85 bits per heavy atom. The molecule has 0 atom stereocenters. The molecule has 0 unspecified atom stereocenters. The minimum Gasteiger partial charge on any atom is -0.497 e. The summed E-state index contributed by atoms with van der Waals surface area (Å²) in [7, 11) is 0.623. The molecule has 218 valence electrons. The van der Waals surface area contributed by atoms with Crippen molar-refractivity contribution in [2.75, 3.05) is 56.8 Å². The molecule has 0 amide bonds. The summed E-state index contributed by atoms with van der Waals surface area (Å²) in [5, 5.41) is 6.74. The molecular formula is C28H32F3N6O3P. The van der Waals surface area contributed by atoms with E-state index in [9.17, 15) is 17.7 Å². The predicted octanol–water partition coefficient (Wildman–Crippen LogP) is 5.67. The first kappa shape index (κ1) is 28.8. The number of hydrogen-bond acceptors (Lipinski definition) is 8. The molecule has 0 radical (unpaired) electrons. The van der Waals surface area contributed by atoms with Crippen molar-refractivity contribution in [2.24, 2.45) is 0 Å². The number of alkyl halides is 3. The fourth-order valence-corrected chi connectivity index (χ4v) is 7.62. The van der Waals surface area contributed by atoms with E-state index in [0.29, 0.717) is 61.1 Å². The summed E-state index contributed by atoms with van der Waals surface area (Å²) < 4.78 is 65.0. The van der Waals surface area contributed by atoms with Crippen LogP contribution < -0.4 is 25.4 Å². The number of hydrogen-bond donors (Lipinski definition) is 3. The first-order valence-electron chi connectivity index (χ1n) is 13.2. The number of pyridine rings is 2. The molecule has 0 saturated carbocycles. The number of methoxy groups -OCH3 is 2. The van der Waals surface area contributed by atoms with Gasteiger partial charge in [-0.1, -0.05) is 6.07 Å². The van der Waals surface area contributed by atoms with Crippen molar-refractivity contribution >= 4 is 40.8 Å². The number of H-pyrrole nitrogens is 1. The third-order valence-corrected chi connectivity index (χ3v) is 10.3. The predicted molar refractivity (Wildman–Crippen MR) is 155 cm³/mol. The van der Waals surface area contributed by atoms with Crippen molar-refractivity contribution in [3.05, 3.63) is 59.9 Å². The maximum atomic E-state index is 13.8. The van der Waals surface area contributed by atoms with E-state index < -0.39 is 18.9 Å². The van der Waals surface area contributed by atoms with Gasteiger partial charge in [0.2, 0.25) is 0 Å². The monoisotopic (exact) mass is 588 g/mol. The zero-order valence-corrected chi connectivity index (χ0v) is 23.9. The van der Waals surface area contributed by atoms with Crippen molar-refractivity contribution in [3.8, 4) is 11.5 Å². The highest BCUT2D eigenvalue weighted by molar-refractivity contribution is 7.71. The van der Waals surface area contributed by atoms with Gasteiger partial charge in [0, 0.05) is 79.6 Å². The molecule has 13 heteroatoms. The third-order valence-electron chi connectivity index (χ3n) is 7.23. The number of nitrogens with one attached hydrogen (secondary N) is 3. The first-order chi connectivity index (χ1) is 19.6. The van der Waals surface area contributed by atoms with Gasteiger partial charge in [-0.25, -0.2) is 9.97 Å². The Bertz CT molecular complexity index is 1560. The third kappa shape index (κ3) is 6.13. The van der Waals surface area contributed by atoms with E-state index in [-0.39, 0.29) is 11.0 Å². The largest absolute Gasteiger partial charge is 0.497 e. The van der Waals surface area contributed by atoms with Gasteiger partial charge in [0.25, 0.3) is 0 Å². The van der Waals surface area contributed by atoms with Gasteiger partial charge in [-0.05, 0) is 25.1 Å². The number of anilines is 3. The molecule has 1 aromatic carbocycles. The number of rotatable bonds is 9. The van der Waals surface area contributed by atoms with E-state index in [1.54, 1.807) is 32.5 Å². The van der Waals surface area contributed by atoms with E-state index in [1.165, 1.54) is 6.07 Å². The van der Waals surface area contributed by atoms with Crippen molar-refractivity contribution in [2.45, 2.75) is 19.6 Å². The van der Waals surface area contributed by atoms with Gasteiger partial charge in [0.15, 0.2) is 0 Å². The highest BCUT2D eigenvalue weighted by Gasteiger charge is 2.35. The second kappa shape index (κ2) is 11.6. The Labute approximate surface area is 235 Å². The molecule has 1 saturated heterocycles. The molecule has 0 aliphatic carbocycles. The highest BCUT2D eigenvalue weighted by Crippen LogP contribution is 2.46. The van der Waals surface area contributed by atoms with Crippen LogP contribution in [-0.2, 0) is 17.3 Å². The van der Waals surface area contributed by atoms with E-state index in [1.807, 2.05) is 25.1 Å². The van der Waals surface area contributed by atoms with E-state index in [0.717, 1.165) is 23.3 Å². The molecule has 1 fully saturated rings. The van der Waals surface area contributed by atoms with Crippen LogP contribution in [0, 0.1) is 0 Å². The molecule has 41 heavy (non-hydrogen) atoms. The summed E-state index contributed by atoms with van der Waals surface area (Å²) in [5.74, 6) is 2.27. The van der Waals surface area contributed by atoms with Crippen LogP contribution in [0.25, 0.3) is 11.0 Å². The number of nitrogens with zero attached hydrogens (tertiary/aromatic N) is 3. The van der Waals surface area contributed by atoms with Crippen LogP contribution in [-0.4, -0.2) is 66.0 Å². The minimum atomic E-state index is -4.51. The normalized spacial score (nSPS) is 15.6. The van der Waals surface area contributed by atoms with E-state index in [2.05, 4.69) is 30.5 Å². The lowest BCUT2D eigenvalue weighted by molar-refractivity contribution is -0.136. The van der Waals surface area contributed by atoms with Crippen LogP contribution in [0.15, 0.2) is 48.8 Å². The van der Waals surface area contributed by atoms with Crippen LogP contribution in [0.1, 0.15) is 18.1 Å². The summed E-state index contributed by atoms with van der Waals surface area (Å²) in [4.78, 5) is 13.6. The number of fused-ring (bicyclic) bond motifs is 1. The van der Waals surface area contributed by atoms with Crippen LogP contribution in [0.2, 0.25) is 0 Å². The van der Waals surface area contributed by atoms with Crippen molar-refractivity contribution in [1.29, 1.82) is 0 Å². The Morgan fingerprint density at radius 3 is 2.49 bits per heavy atom. The number of ether oxygens (including phenoxy) is 2. The number of aromatic amines is 1. The van der Waals surface area contributed by atoms with Gasteiger partial charge >= 0.3 is 6.18 Å². The number of benzene rings is 1. The minimum absolute atomic E-state index is 0.0110. The quantitative estimate of drug-likeness (QED) is 0.215. The molecule has 9 nitrogen and oxygen atoms in total. The Hall–Kier alpha value is -3.76. The summed E-state index contributed by atoms with van der Waals surface area (Å²) >= 11 is 0. The molecule has 1 aliphatic heterocycles. The molecular weight excluding hydrogens is 556 g/mol. The lowest BCUT2D eigenvalue weighted by Crippen LogP contribution is -2.36. The first-order valence-corrected chi connectivity index (χ1v) is 15.3. The highest BCUT2D eigenvalue weighted by atomic mass is 31.2. The second-order valence-electron chi connectivity index (χ2n) is 9.83. The van der Waals surface area contributed by atoms with Gasteiger partial charge in [0.05, 0.1) is 25.2 Å². The smallest absolute Gasteiger partial charge is 0.418 e. The Kier molecular flexibility index (Phi) is 8.15. The van der Waals surface area contributed by atoms with Crippen LogP contribution in [0.5, 0.6) is 11.5 Å². The molecule has 4 aromatic rings. The van der Waals surface area contributed by atoms with Gasteiger partial charge < -0.3 is 29.7 Å². The molecule has 0 spiro atoms. The zero-order chi connectivity index (χ0) is 29.2. The van der Waals surface area contributed by atoms with Gasteiger partial charge in [0.1, 0.15) is 35.9 Å². The summed E-state index contributed by atoms with van der Waals surface area (Å²) in [6.45, 7) is 4.29. The molecule has 4 heterocycles. The Morgan fingerprint density at radius 1 is 1.07 bits per heavy atom. The number of aromatic nitrogens is 3. The zero-order valence-electron chi connectivity index (χ0n) is 23.0. The molecule has 0 bridgehead atoms. The topological polar surface area (TPSA) is 104 Å². The standard InChI is InChI=1S/C28H32F3N6O3P/c1-4-32-22-14-25(36-27-26(22)21(16-34-27)28(29,30)31)35-24-8-7-20(15-33-24)41(38)11-9-37(10-12-41)17-18-5-6-19(39-2)13-23(18)40-3/h5-8,13-16H,4,9-12,17H2,1-3H3,(H3,32,33,34,35,36). The van der Waals surface area contributed by atoms with Gasteiger partial charge in [-0.2, -0.15) is 13.2 Å². The Balaban J connectivity index is 1.26. The van der Waals surface area contributed by atoms with Crippen molar-refractivity contribution in [1.82, 2.24) is 19.9 Å². The van der Waals surface area contributed by atoms with E-state index in [4.69, 9.17) is 9.47 Å². The molecule has 3 aromatic heterocycles. The van der Waals surface area contributed by atoms with Gasteiger partial charge in [-0.3, -0.25) is 4.90 Å². The average Bonchev–Trinajstić information content (AvgIpc) is 3.40. The lowest BCUT2D eigenvalue weighted by atomic mass is 10.1. The average molecular weight is 589 g/mol. The summed E-state index contributed by atoms with van der Waals surface area (Å²) in [6, 6.07) is 10.8. The van der Waals surface area contributed by atoms with Crippen molar-refractivity contribution < 1.29 is 27.2 Å². The van der Waals surface area contributed by atoms with Crippen LogP contribution >= 0.6 is 7.14 Å².